The fourth-order valence-corrected chi connectivity index (χ4v) is 3.73. The lowest BCUT2D eigenvalue weighted by Crippen LogP contribution is -2.36. The number of oxime groups is 1. The number of nitrogens with two attached hydrogens (primary N) is 2. The average molecular weight is 553 g/mol. The van der Waals surface area contributed by atoms with Crippen molar-refractivity contribution in [3.63, 3.8) is 0 Å². The zero-order valence-corrected chi connectivity index (χ0v) is 20.1. The molecule has 37 heavy (non-hydrogen) atoms. The van der Waals surface area contributed by atoms with Gasteiger partial charge in [0.15, 0.2) is 0 Å². The highest BCUT2D eigenvalue weighted by Gasteiger charge is 2.25. The summed E-state index contributed by atoms with van der Waals surface area (Å²) in [5, 5.41) is 5.80. The molecule has 2 aromatic rings. The molecule has 204 valence electrons. The average Bonchev–Trinajstić information content (AvgIpc) is 2.79. The zero-order valence-electron chi connectivity index (χ0n) is 19.3. The topological polar surface area (TPSA) is 188 Å². The Balaban J connectivity index is 0.00000102. The van der Waals surface area contributed by atoms with Crippen LogP contribution in [-0.4, -0.2) is 50.5 Å². The molecule has 0 saturated heterocycles. The Morgan fingerprint density at radius 3 is 2.38 bits per heavy atom. The van der Waals surface area contributed by atoms with E-state index in [0.717, 1.165) is 10.6 Å². The van der Waals surface area contributed by atoms with Gasteiger partial charge in [0, 0.05) is 11.3 Å². The molecule has 0 aliphatic carbocycles. The summed E-state index contributed by atoms with van der Waals surface area (Å²) in [7, 11) is -4.07. The Hall–Kier alpha value is -4.15. The van der Waals surface area contributed by atoms with E-state index in [9.17, 15) is 35.6 Å². The van der Waals surface area contributed by atoms with E-state index in [1.54, 1.807) is 6.92 Å². The molecule has 0 saturated carbocycles. The number of hydrogen-bond donors (Lipinski definition) is 4. The van der Waals surface area contributed by atoms with Crippen LogP contribution < -0.4 is 27.1 Å². The number of aryl methyl sites for hydroxylation is 1. The summed E-state index contributed by atoms with van der Waals surface area (Å²) >= 11 is 0. The largest absolute Gasteiger partial charge is 0.446 e. The van der Waals surface area contributed by atoms with Crippen LogP contribution in [0, 0.1) is 12.7 Å². The zero-order chi connectivity index (χ0) is 28.2. The van der Waals surface area contributed by atoms with Crippen LogP contribution in [0.3, 0.4) is 0 Å². The molecule has 0 radical (unpaired) electrons. The van der Waals surface area contributed by atoms with Gasteiger partial charge in [0.1, 0.15) is 24.7 Å². The van der Waals surface area contributed by atoms with Gasteiger partial charge < -0.3 is 26.2 Å². The second kappa shape index (κ2) is 13.8. The van der Waals surface area contributed by atoms with E-state index >= 15 is 0 Å². The van der Waals surface area contributed by atoms with Crippen molar-refractivity contribution in [3.05, 3.63) is 63.8 Å². The number of hydrogen-bond acceptors (Lipinski definition) is 7. The molecule has 0 bridgehead atoms. The molecule has 0 aliphatic rings. The Bertz CT molecular complexity index is 1280. The summed E-state index contributed by atoms with van der Waals surface area (Å²) in [5.74, 6) is -2.09. The summed E-state index contributed by atoms with van der Waals surface area (Å²) in [4.78, 5) is 38.2. The Labute approximate surface area is 208 Å². The lowest BCUT2D eigenvalue weighted by molar-refractivity contribution is -0.156. The van der Waals surface area contributed by atoms with Gasteiger partial charge in [-0.25, -0.2) is 12.8 Å². The van der Waals surface area contributed by atoms with Crippen LogP contribution in [0.25, 0.3) is 0 Å². The maximum atomic E-state index is 13.8. The van der Waals surface area contributed by atoms with Crippen molar-refractivity contribution in [3.8, 4) is 0 Å². The van der Waals surface area contributed by atoms with Gasteiger partial charge in [0.25, 0.3) is 5.56 Å². The molecule has 0 fully saturated rings. The number of carbonyl (C=O) groups is 2. The lowest BCUT2D eigenvalue weighted by atomic mass is 10.2. The van der Waals surface area contributed by atoms with Crippen molar-refractivity contribution < 1.29 is 40.4 Å². The normalized spacial score (nSPS) is 10.9. The van der Waals surface area contributed by atoms with Gasteiger partial charge in [-0.1, -0.05) is 18.2 Å². The van der Waals surface area contributed by atoms with E-state index in [1.807, 2.05) is 0 Å². The predicted molar refractivity (Wildman–Crippen MR) is 125 cm³/mol. The predicted octanol–water partition coefficient (Wildman–Crippen LogP) is 0.307. The molecule has 0 unspecified atom stereocenters. The van der Waals surface area contributed by atoms with Gasteiger partial charge in [0.2, 0.25) is 28.2 Å². The smallest absolute Gasteiger partial charge is 0.391 e. The van der Waals surface area contributed by atoms with Gasteiger partial charge in [0.05, 0.1) is 12.3 Å². The number of carbonyl (C=O) groups excluding carboxylic acids is 2. The third kappa shape index (κ3) is 11.9. The van der Waals surface area contributed by atoms with Crippen molar-refractivity contribution in [1.82, 2.24) is 9.88 Å². The fourth-order valence-electron chi connectivity index (χ4n) is 2.52. The highest BCUT2D eigenvalue weighted by molar-refractivity contribution is 7.91. The summed E-state index contributed by atoms with van der Waals surface area (Å²) in [5.41, 5.74) is 9.60. The SMILES string of the molecule is Cc1ccc(NS(=O)(=O)Cc2ccccc2F)c(=O)n1CC(=O)NCCON=C(N)N.O=CC(F)(F)F. The minimum Gasteiger partial charge on any atom is -0.391 e. The summed E-state index contributed by atoms with van der Waals surface area (Å²) in [6, 6.07) is 8.20. The van der Waals surface area contributed by atoms with Crippen LogP contribution in [0.4, 0.5) is 23.2 Å². The first-order valence-electron chi connectivity index (χ1n) is 10.1. The minimum absolute atomic E-state index is 0.00735. The fraction of sp³-hybridized carbons (Fsp3) is 0.300. The number of nitrogens with zero attached hydrogens (tertiary/aromatic N) is 2. The lowest BCUT2D eigenvalue weighted by Gasteiger charge is -2.13. The number of halogens is 4. The molecule has 1 aromatic carbocycles. The number of rotatable bonds is 10. The molecule has 2 rings (SSSR count). The van der Waals surface area contributed by atoms with Gasteiger partial charge in [-0.05, 0) is 30.3 Å². The molecule has 12 nitrogen and oxygen atoms in total. The number of alkyl halides is 3. The molecule has 0 aliphatic heterocycles. The first-order chi connectivity index (χ1) is 17.1. The molecule has 0 atom stereocenters. The molecule has 6 N–H and O–H groups in total. The number of sulfonamides is 1. The van der Waals surface area contributed by atoms with Crippen molar-refractivity contribution >= 4 is 33.9 Å². The second-order valence-electron chi connectivity index (χ2n) is 7.09. The molecule has 1 heterocycles. The minimum atomic E-state index is -4.64. The van der Waals surface area contributed by atoms with Crippen molar-refractivity contribution in [2.45, 2.75) is 25.4 Å². The number of amides is 1. The van der Waals surface area contributed by atoms with Gasteiger partial charge in [-0.2, -0.15) is 13.2 Å². The number of aldehydes is 1. The van der Waals surface area contributed by atoms with Gasteiger partial charge >= 0.3 is 6.18 Å². The third-order valence-electron chi connectivity index (χ3n) is 4.08. The van der Waals surface area contributed by atoms with E-state index in [1.165, 1.54) is 30.3 Å². The number of anilines is 1. The molecule has 1 amide bonds. The van der Waals surface area contributed by atoms with Crippen LogP contribution in [-0.2, 0) is 36.7 Å². The van der Waals surface area contributed by atoms with Crippen LogP contribution in [0.1, 0.15) is 11.3 Å². The third-order valence-corrected chi connectivity index (χ3v) is 5.30. The molecule has 17 heteroatoms. The first kappa shape index (κ1) is 30.9. The van der Waals surface area contributed by atoms with E-state index in [-0.39, 0.29) is 36.9 Å². The van der Waals surface area contributed by atoms with E-state index < -0.39 is 45.5 Å². The summed E-state index contributed by atoms with van der Waals surface area (Å²) < 4.78 is 73.1. The monoisotopic (exact) mass is 552 g/mol. The van der Waals surface area contributed by atoms with Crippen LogP contribution in [0.5, 0.6) is 0 Å². The number of guanidine groups is 1. The highest BCUT2D eigenvalue weighted by atomic mass is 32.2. The van der Waals surface area contributed by atoms with Crippen LogP contribution in [0.15, 0.2) is 46.3 Å². The quantitative estimate of drug-likeness (QED) is 0.0809. The molecule has 0 spiro atoms. The van der Waals surface area contributed by atoms with Crippen molar-refractivity contribution in [2.24, 2.45) is 16.6 Å². The maximum Gasteiger partial charge on any atom is 0.446 e. The summed E-state index contributed by atoms with van der Waals surface area (Å²) in [6.45, 7) is 1.33. The van der Waals surface area contributed by atoms with Crippen molar-refractivity contribution in [1.29, 1.82) is 0 Å². The molecular weight excluding hydrogens is 528 g/mol. The number of aromatic nitrogens is 1. The number of nitrogens with one attached hydrogen (secondary N) is 2. The Morgan fingerprint density at radius 1 is 1.19 bits per heavy atom. The number of benzene rings is 1. The van der Waals surface area contributed by atoms with Crippen molar-refractivity contribution in [2.75, 3.05) is 17.9 Å². The summed E-state index contributed by atoms with van der Waals surface area (Å²) in [6.07, 6.45) is -5.70. The van der Waals surface area contributed by atoms with Crippen LogP contribution in [0.2, 0.25) is 0 Å². The Morgan fingerprint density at radius 2 is 1.81 bits per heavy atom. The van der Waals surface area contributed by atoms with E-state index in [0.29, 0.717) is 5.69 Å². The van der Waals surface area contributed by atoms with E-state index in [4.69, 9.17) is 21.1 Å². The molecule has 1 aromatic heterocycles. The van der Waals surface area contributed by atoms with Gasteiger partial charge in [-0.15, -0.1) is 0 Å². The molecular formula is C20H24F4N6O6S. The van der Waals surface area contributed by atoms with Gasteiger partial charge in [-0.3, -0.25) is 19.1 Å². The van der Waals surface area contributed by atoms with E-state index in [2.05, 4.69) is 15.2 Å². The second-order valence-corrected chi connectivity index (χ2v) is 8.81. The standard InChI is InChI=1S/C18H23FN6O5S.C2HF3O/c1-12-6-7-15(24-31(28,29)11-13-4-2-3-5-14(13)19)17(27)25(12)10-16(26)22-8-9-30-23-18(20)21;3-2(4,5)1-6/h2-7,24H,8-11H2,1H3,(H,22,26)(H4,20,21,23);1H. The maximum absolute atomic E-state index is 13.8. The number of pyridine rings is 1. The highest BCUT2D eigenvalue weighted by Crippen LogP contribution is 2.13. The van der Waals surface area contributed by atoms with Crippen LogP contribution >= 0.6 is 0 Å². The Kier molecular flexibility index (Phi) is 11.5. The first-order valence-corrected chi connectivity index (χ1v) is 11.8.